The zero-order chi connectivity index (χ0) is 11.8. The molecule has 0 amide bonds. The molecule has 0 aromatic carbocycles. The van der Waals surface area contributed by atoms with Crippen LogP contribution in [-0.4, -0.2) is 64.6 Å². The van der Waals surface area contributed by atoms with E-state index in [1.54, 1.807) is 0 Å². The van der Waals surface area contributed by atoms with Crippen LogP contribution in [0.5, 0.6) is 0 Å². The summed E-state index contributed by atoms with van der Waals surface area (Å²) in [5.74, 6) is -2.38. The SMILES string of the molecule is O=C(O)CN(CCOC(=O)O)CC(=O)O. The average molecular weight is 221 g/mol. The summed E-state index contributed by atoms with van der Waals surface area (Å²) < 4.78 is 4.12. The molecule has 0 bridgehead atoms. The number of nitrogens with zero attached hydrogens (tertiary/aromatic N) is 1. The lowest BCUT2D eigenvalue weighted by Crippen LogP contribution is -2.37. The molecule has 0 spiro atoms. The van der Waals surface area contributed by atoms with Crippen LogP contribution in [0.4, 0.5) is 4.79 Å². The molecule has 86 valence electrons. The van der Waals surface area contributed by atoms with Crippen molar-refractivity contribution >= 4 is 18.1 Å². The fraction of sp³-hybridized carbons (Fsp3) is 0.571. The normalized spacial score (nSPS) is 9.93. The molecule has 8 heteroatoms. The van der Waals surface area contributed by atoms with Gasteiger partial charge in [-0.2, -0.15) is 0 Å². The van der Waals surface area contributed by atoms with Gasteiger partial charge in [-0.3, -0.25) is 14.5 Å². The third-order valence-corrected chi connectivity index (χ3v) is 1.35. The van der Waals surface area contributed by atoms with E-state index in [0.29, 0.717) is 0 Å². The molecule has 8 nitrogen and oxygen atoms in total. The number of ether oxygens (including phenoxy) is 1. The lowest BCUT2D eigenvalue weighted by molar-refractivity contribution is -0.141. The van der Waals surface area contributed by atoms with Crippen LogP contribution in [0.3, 0.4) is 0 Å². The van der Waals surface area contributed by atoms with Crippen LogP contribution in [0.15, 0.2) is 0 Å². The van der Waals surface area contributed by atoms with Gasteiger partial charge in [0.2, 0.25) is 0 Å². The second kappa shape index (κ2) is 6.60. The van der Waals surface area contributed by atoms with E-state index >= 15 is 0 Å². The Kier molecular flexibility index (Phi) is 5.79. The van der Waals surface area contributed by atoms with Crippen molar-refractivity contribution in [3.8, 4) is 0 Å². The van der Waals surface area contributed by atoms with Crippen molar-refractivity contribution in [3.63, 3.8) is 0 Å². The van der Waals surface area contributed by atoms with E-state index in [9.17, 15) is 14.4 Å². The first-order valence-corrected chi connectivity index (χ1v) is 3.93. The highest BCUT2D eigenvalue weighted by atomic mass is 16.7. The van der Waals surface area contributed by atoms with Gasteiger partial charge in [-0.15, -0.1) is 0 Å². The maximum absolute atomic E-state index is 10.3. The minimum atomic E-state index is -1.49. The fourth-order valence-corrected chi connectivity index (χ4v) is 0.859. The highest BCUT2D eigenvalue weighted by Gasteiger charge is 2.13. The molecular weight excluding hydrogens is 210 g/mol. The van der Waals surface area contributed by atoms with Gasteiger partial charge in [0.1, 0.15) is 6.61 Å². The van der Waals surface area contributed by atoms with E-state index in [4.69, 9.17) is 15.3 Å². The van der Waals surface area contributed by atoms with Crippen molar-refractivity contribution in [2.75, 3.05) is 26.2 Å². The van der Waals surface area contributed by atoms with Gasteiger partial charge < -0.3 is 20.1 Å². The van der Waals surface area contributed by atoms with Crippen molar-refractivity contribution in [2.24, 2.45) is 0 Å². The van der Waals surface area contributed by atoms with Gasteiger partial charge in [0, 0.05) is 6.54 Å². The monoisotopic (exact) mass is 221 g/mol. The molecule has 0 aliphatic heterocycles. The Morgan fingerprint density at radius 1 is 1.00 bits per heavy atom. The van der Waals surface area contributed by atoms with Crippen LogP contribution >= 0.6 is 0 Å². The second-order valence-corrected chi connectivity index (χ2v) is 2.61. The van der Waals surface area contributed by atoms with Gasteiger partial charge in [0.05, 0.1) is 13.1 Å². The standard InChI is InChI=1S/C7H11NO7/c9-5(10)3-8(4-6(11)12)1-2-15-7(13)14/h1-4H2,(H,9,10)(H,11,12)(H,13,14). The Morgan fingerprint density at radius 2 is 1.47 bits per heavy atom. The molecule has 0 aromatic heterocycles. The topological polar surface area (TPSA) is 124 Å². The summed E-state index contributed by atoms with van der Waals surface area (Å²) in [7, 11) is 0. The van der Waals surface area contributed by atoms with Gasteiger partial charge in [-0.1, -0.05) is 0 Å². The van der Waals surface area contributed by atoms with Crippen LogP contribution in [0.1, 0.15) is 0 Å². The minimum absolute atomic E-state index is 0.0785. The smallest absolute Gasteiger partial charge is 0.480 e. The molecule has 0 aliphatic rings. The number of hydrogen-bond acceptors (Lipinski definition) is 5. The van der Waals surface area contributed by atoms with Gasteiger partial charge >= 0.3 is 18.1 Å². The third kappa shape index (κ3) is 8.50. The summed E-state index contributed by atoms with van der Waals surface area (Å²) in [6, 6.07) is 0. The van der Waals surface area contributed by atoms with Crippen LogP contribution < -0.4 is 0 Å². The summed E-state index contributed by atoms with van der Waals surface area (Å²) in [6.07, 6.45) is -1.49. The Balaban J connectivity index is 3.94. The van der Waals surface area contributed by atoms with Gasteiger partial charge in [-0.25, -0.2) is 4.79 Å². The van der Waals surface area contributed by atoms with Gasteiger partial charge in [-0.05, 0) is 0 Å². The highest BCUT2D eigenvalue weighted by Crippen LogP contribution is 1.89. The summed E-state index contributed by atoms with van der Waals surface area (Å²) >= 11 is 0. The predicted octanol–water partition coefficient (Wildman–Crippen LogP) is -0.848. The highest BCUT2D eigenvalue weighted by molar-refractivity contribution is 5.72. The number of rotatable bonds is 7. The molecule has 0 fully saturated rings. The number of carboxylic acid groups (broad SMARTS) is 3. The largest absolute Gasteiger partial charge is 0.505 e. The van der Waals surface area contributed by atoms with Gasteiger partial charge in [0.15, 0.2) is 0 Å². The molecule has 0 saturated carbocycles. The molecule has 0 heterocycles. The van der Waals surface area contributed by atoms with Crippen LogP contribution in [0.2, 0.25) is 0 Å². The molecule has 0 rings (SSSR count). The van der Waals surface area contributed by atoms with E-state index in [1.807, 2.05) is 0 Å². The van der Waals surface area contributed by atoms with Crippen molar-refractivity contribution in [1.82, 2.24) is 4.90 Å². The Bertz CT molecular complexity index is 236. The van der Waals surface area contributed by atoms with Crippen molar-refractivity contribution < 1.29 is 34.4 Å². The maximum atomic E-state index is 10.3. The van der Waals surface area contributed by atoms with Crippen molar-refractivity contribution in [3.05, 3.63) is 0 Å². The average Bonchev–Trinajstić information content (AvgIpc) is 2.00. The number of aliphatic carboxylic acids is 2. The first-order chi connectivity index (χ1) is 6.91. The summed E-state index contributed by atoms with van der Waals surface area (Å²) in [6.45, 7) is -1.30. The first kappa shape index (κ1) is 13.2. The third-order valence-electron chi connectivity index (χ3n) is 1.35. The molecule has 0 saturated heterocycles. The van der Waals surface area contributed by atoms with E-state index < -0.39 is 31.2 Å². The Morgan fingerprint density at radius 3 is 1.80 bits per heavy atom. The van der Waals surface area contributed by atoms with E-state index in [-0.39, 0.29) is 13.2 Å². The predicted molar refractivity (Wildman–Crippen MR) is 45.7 cm³/mol. The molecule has 3 N–H and O–H groups in total. The van der Waals surface area contributed by atoms with Crippen molar-refractivity contribution in [2.45, 2.75) is 0 Å². The maximum Gasteiger partial charge on any atom is 0.505 e. The molecule has 15 heavy (non-hydrogen) atoms. The van der Waals surface area contributed by atoms with Crippen LogP contribution in [0, 0.1) is 0 Å². The molecular formula is C7H11NO7. The van der Waals surface area contributed by atoms with Crippen molar-refractivity contribution in [1.29, 1.82) is 0 Å². The summed E-state index contributed by atoms with van der Waals surface area (Å²) in [4.78, 5) is 31.6. The Labute approximate surface area is 84.7 Å². The summed E-state index contributed by atoms with van der Waals surface area (Å²) in [5.41, 5.74) is 0. The molecule has 0 aromatic rings. The molecule has 0 aliphatic carbocycles. The minimum Gasteiger partial charge on any atom is -0.480 e. The number of hydrogen-bond donors (Lipinski definition) is 3. The molecule has 0 radical (unpaired) electrons. The lowest BCUT2D eigenvalue weighted by Gasteiger charge is -2.16. The van der Waals surface area contributed by atoms with Crippen LogP contribution in [0.25, 0.3) is 0 Å². The number of carboxylic acids is 2. The van der Waals surface area contributed by atoms with E-state index in [2.05, 4.69) is 4.74 Å². The van der Waals surface area contributed by atoms with Gasteiger partial charge in [0.25, 0.3) is 0 Å². The second-order valence-electron chi connectivity index (χ2n) is 2.61. The summed E-state index contributed by atoms with van der Waals surface area (Å²) in [5, 5.41) is 24.9. The zero-order valence-electron chi connectivity index (χ0n) is 7.75. The first-order valence-electron chi connectivity index (χ1n) is 3.93. The fourth-order valence-electron chi connectivity index (χ4n) is 0.859. The molecule has 0 atom stereocenters. The Hall–Kier alpha value is -1.83. The van der Waals surface area contributed by atoms with E-state index in [0.717, 1.165) is 4.90 Å². The quantitative estimate of drug-likeness (QED) is 0.475. The lowest BCUT2D eigenvalue weighted by atomic mass is 10.4. The molecule has 0 unspecified atom stereocenters. The number of carbonyl (C=O) groups is 3. The zero-order valence-corrected chi connectivity index (χ0v) is 7.75. The van der Waals surface area contributed by atoms with E-state index in [1.165, 1.54) is 0 Å². The van der Waals surface area contributed by atoms with Crippen LogP contribution in [-0.2, 0) is 14.3 Å².